The summed E-state index contributed by atoms with van der Waals surface area (Å²) in [6.07, 6.45) is 3.16. The third kappa shape index (κ3) is 1.96. The number of hydrogen-bond acceptors (Lipinski definition) is 2. The van der Waals surface area contributed by atoms with Crippen molar-refractivity contribution in [1.82, 2.24) is 9.55 Å². The van der Waals surface area contributed by atoms with E-state index >= 15 is 0 Å². The van der Waals surface area contributed by atoms with Crippen molar-refractivity contribution in [1.29, 1.82) is 0 Å². The molecule has 0 radical (unpaired) electrons. The molecular weight excluding hydrogens is 247 g/mol. The molecule has 0 saturated heterocycles. The number of carbonyl (C=O) groups excluding carboxylic acids is 1. The zero-order valence-electron chi connectivity index (χ0n) is 8.45. The van der Waals surface area contributed by atoms with Gasteiger partial charge in [-0.1, -0.05) is 23.2 Å². The van der Waals surface area contributed by atoms with Crippen LogP contribution in [0.25, 0.3) is 11.4 Å². The van der Waals surface area contributed by atoms with Gasteiger partial charge in [0.2, 0.25) is 5.91 Å². The van der Waals surface area contributed by atoms with Gasteiger partial charge >= 0.3 is 0 Å². The van der Waals surface area contributed by atoms with E-state index in [2.05, 4.69) is 4.98 Å². The maximum absolute atomic E-state index is 11.3. The summed E-state index contributed by atoms with van der Waals surface area (Å²) in [6.45, 7) is 1.47. The molecule has 82 valence electrons. The lowest BCUT2D eigenvalue weighted by Gasteiger charge is -2.05. The fourth-order valence-electron chi connectivity index (χ4n) is 1.43. The van der Waals surface area contributed by atoms with Gasteiger partial charge in [0, 0.05) is 29.9 Å². The molecule has 0 saturated carbocycles. The summed E-state index contributed by atoms with van der Waals surface area (Å²) in [5.74, 6) is 0.410. The van der Waals surface area contributed by atoms with E-state index < -0.39 is 0 Å². The molecule has 0 N–H and O–H groups in total. The van der Waals surface area contributed by atoms with Gasteiger partial charge in [-0.25, -0.2) is 4.98 Å². The monoisotopic (exact) mass is 254 g/mol. The van der Waals surface area contributed by atoms with Gasteiger partial charge in [-0.05, 0) is 18.2 Å². The highest BCUT2D eigenvalue weighted by Crippen LogP contribution is 2.29. The number of imidazole rings is 1. The first-order valence-corrected chi connectivity index (χ1v) is 5.35. The Morgan fingerprint density at radius 2 is 2.12 bits per heavy atom. The number of hydrogen-bond donors (Lipinski definition) is 0. The van der Waals surface area contributed by atoms with Gasteiger partial charge in [-0.2, -0.15) is 0 Å². The molecule has 1 aromatic heterocycles. The van der Waals surface area contributed by atoms with E-state index in [1.165, 1.54) is 11.5 Å². The van der Waals surface area contributed by atoms with Gasteiger partial charge in [0.15, 0.2) is 0 Å². The second kappa shape index (κ2) is 4.28. The predicted molar refractivity (Wildman–Crippen MR) is 64.0 cm³/mol. The Bertz CT molecular complexity index is 549. The van der Waals surface area contributed by atoms with E-state index in [0.29, 0.717) is 21.4 Å². The Hall–Kier alpha value is -1.32. The molecule has 0 aliphatic carbocycles. The van der Waals surface area contributed by atoms with Crippen molar-refractivity contribution in [2.75, 3.05) is 0 Å². The van der Waals surface area contributed by atoms with Crippen LogP contribution in [0.4, 0.5) is 0 Å². The molecule has 0 amide bonds. The molecule has 3 nitrogen and oxygen atoms in total. The van der Waals surface area contributed by atoms with Crippen LogP contribution < -0.4 is 0 Å². The lowest BCUT2D eigenvalue weighted by Crippen LogP contribution is -2.06. The summed E-state index contributed by atoms with van der Waals surface area (Å²) in [7, 11) is 0. The third-order valence-electron chi connectivity index (χ3n) is 2.15. The summed E-state index contributed by atoms with van der Waals surface area (Å²) in [5, 5.41) is 1.02. The molecule has 0 fully saturated rings. The summed E-state index contributed by atoms with van der Waals surface area (Å²) in [5.41, 5.74) is 0.686. The van der Waals surface area contributed by atoms with Gasteiger partial charge in [0.1, 0.15) is 5.82 Å². The molecule has 0 bridgehead atoms. The van der Waals surface area contributed by atoms with Gasteiger partial charge in [0.25, 0.3) is 0 Å². The number of aromatic nitrogens is 2. The van der Waals surface area contributed by atoms with Gasteiger partial charge in [-0.15, -0.1) is 0 Å². The van der Waals surface area contributed by atoms with Crippen LogP contribution in [-0.4, -0.2) is 15.5 Å². The summed E-state index contributed by atoms with van der Waals surface area (Å²) in [6, 6.07) is 5.08. The number of nitrogens with zero attached hydrogens (tertiary/aromatic N) is 2. The van der Waals surface area contributed by atoms with E-state index in [-0.39, 0.29) is 5.91 Å². The Balaban J connectivity index is 2.59. The minimum atomic E-state index is -0.112. The smallest absolute Gasteiger partial charge is 0.229 e. The Morgan fingerprint density at radius 1 is 1.38 bits per heavy atom. The topological polar surface area (TPSA) is 34.9 Å². The Morgan fingerprint density at radius 3 is 2.75 bits per heavy atom. The first-order chi connectivity index (χ1) is 7.59. The summed E-state index contributed by atoms with van der Waals surface area (Å²) < 4.78 is 1.44. The zero-order valence-corrected chi connectivity index (χ0v) is 9.96. The van der Waals surface area contributed by atoms with Crippen LogP contribution in [0.1, 0.15) is 11.7 Å². The van der Waals surface area contributed by atoms with Crippen LogP contribution in [0.5, 0.6) is 0 Å². The lowest BCUT2D eigenvalue weighted by molar-refractivity contribution is 0.0938. The summed E-state index contributed by atoms with van der Waals surface area (Å²) >= 11 is 11.9. The molecule has 2 aromatic rings. The zero-order chi connectivity index (χ0) is 11.7. The van der Waals surface area contributed by atoms with E-state index in [1.54, 1.807) is 30.6 Å². The first-order valence-electron chi connectivity index (χ1n) is 4.59. The molecule has 5 heteroatoms. The van der Waals surface area contributed by atoms with Gasteiger partial charge < -0.3 is 0 Å². The maximum Gasteiger partial charge on any atom is 0.229 e. The van der Waals surface area contributed by atoms with E-state index in [9.17, 15) is 4.79 Å². The minimum absolute atomic E-state index is 0.112. The fourth-order valence-corrected chi connectivity index (χ4v) is 1.92. The molecule has 0 spiro atoms. The van der Waals surface area contributed by atoms with Gasteiger partial charge in [-0.3, -0.25) is 9.36 Å². The van der Waals surface area contributed by atoms with Crippen LogP contribution in [0, 0.1) is 0 Å². The maximum atomic E-state index is 11.3. The van der Waals surface area contributed by atoms with Crippen molar-refractivity contribution in [2.45, 2.75) is 6.92 Å². The van der Waals surface area contributed by atoms with Crippen molar-refractivity contribution >= 4 is 29.1 Å². The van der Waals surface area contributed by atoms with Crippen molar-refractivity contribution in [2.24, 2.45) is 0 Å². The van der Waals surface area contributed by atoms with E-state index in [1.807, 2.05) is 0 Å². The van der Waals surface area contributed by atoms with E-state index in [4.69, 9.17) is 23.2 Å². The highest BCUT2D eigenvalue weighted by Gasteiger charge is 2.12. The first kappa shape index (κ1) is 11.2. The molecule has 1 heterocycles. The second-order valence-electron chi connectivity index (χ2n) is 3.26. The molecule has 0 unspecified atom stereocenters. The van der Waals surface area contributed by atoms with Crippen LogP contribution in [0.15, 0.2) is 30.6 Å². The van der Waals surface area contributed by atoms with Crippen molar-refractivity contribution in [3.63, 3.8) is 0 Å². The third-order valence-corrected chi connectivity index (χ3v) is 2.70. The largest absolute Gasteiger partial charge is 0.274 e. The minimum Gasteiger partial charge on any atom is -0.274 e. The summed E-state index contributed by atoms with van der Waals surface area (Å²) in [4.78, 5) is 15.4. The highest BCUT2D eigenvalue weighted by atomic mass is 35.5. The number of halogens is 2. The average molecular weight is 255 g/mol. The molecule has 0 aliphatic heterocycles. The van der Waals surface area contributed by atoms with Crippen molar-refractivity contribution in [3.8, 4) is 11.4 Å². The standard InChI is InChI=1S/C11H8Cl2N2O/c1-7(16)15-5-4-14-11(15)9-3-2-8(12)6-10(9)13/h2-6H,1H3. The fraction of sp³-hybridized carbons (Fsp3) is 0.0909. The number of rotatable bonds is 1. The molecular formula is C11H8Cl2N2O. The van der Waals surface area contributed by atoms with Crippen LogP contribution in [-0.2, 0) is 0 Å². The Labute approximate surface area is 103 Å². The number of benzene rings is 1. The van der Waals surface area contributed by atoms with Crippen LogP contribution in [0.3, 0.4) is 0 Å². The van der Waals surface area contributed by atoms with Crippen LogP contribution >= 0.6 is 23.2 Å². The second-order valence-corrected chi connectivity index (χ2v) is 4.11. The Kier molecular flexibility index (Phi) is 2.99. The normalized spacial score (nSPS) is 10.4. The molecule has 0 atom stereocenters. The molecule has 0 aliphatic rings. The predicted octanol–water partition coefficient (Wildman–Crippen LogP) is 3.52. The lowest BCUT2D eigenvalue weighted by atomic mass is 10.2. The molecule has 16 heavy (non-hydrogen) atoms. The van der Waals surface area contributed by atoms with Gasteiger partial charge in [0.05, 0.1) is 5.02 Å². The number of carbonyl (C=O) groups is 1. The molecule has 2 rings (SSSR count). The SMILES string of the molecule is CC(=O)n1ccnc1-c1ccc(Cl)cc1Cl. The molecule has 1 aromatic carbocycles. The van der Waals surface area contributed by atoms with Crippen molar-refractivity contribution < 1.29 is 4.79 Å². The highest BCUT2D eigenvalue weighted by molar-refractivity contribution is 6.36. The van der Waals surface area contributed by atoms with Crippen LogP contribution in [0.2, 0.25) is 10.0 Å². The van der Waals surface area contributed by atoms with Crippen molar-refractivity contribution in [3.05, 3.63) is 40.6 Å². The van der Waals surface area contributed by atoms with E-state index in [0.717, 1.165) is 0 Å². The quantitative estimate of drug-likeness (QED) is 0.781. The average Bonchev–Trinajstić information content (AvgIpc) is 2.66.